The SMILES string of the molecule is CCCC(CC)Nc1ccc(NS(=O)(=O)CC)cc1. The average Bonchev–Trinajstić information content (AvgIpc) is 2.40. The number of nitrogens with one attached hydrogen (secondary N) is 2. The van der Waals surface area contributed by atoms with Crippen LogP contribution in [0.25, 0.3) is 0 Å². The van der Waals surface area contributed by atoms with Crippen LogP contribution in [0.4, 0.5) is 11.4 Å². The number of benzene rings is 1. The van der Waals surface area contributed by atoms with E-state index in [9.17, 15) is 8.42 Å². The van der Waals surface area contributed by atoms with Gasteiger partial charge < -0.3 is 5.32 Å². The molecule has 0 aromatic heterocycles. The highest BCUT2D eigenvalue weighted by Gasteiger charge is 2.07. The largest absolute Gasteiger partial charge is 0.382 e. The molecule has 1 rings (SSSR count). The molecular formula is C14H24N2O2S. The Morgan fingerprint density at radius 1 is 1.05 bits per heavy atom. The van der Waals surface area contributed by atoms with E-state index in [0.717, 1.165) is 24.9 Å². The lowest BCUT2D eigenvalue weighted by atomic mass is 10.1. The predicted molar refractivity (Wildman–Crippen MR) is 82.1 cm³/mol. The average molecular weight is 284 g/mol. The fourth-order valence-corrected chi connectivity index (χ4v) is 2.49. The Bertz CT molecular complexity index is 469. The van der Waals surface area contributed by atoms with E-state index in [1.54, 1.807) is 19.1 Å². The molecule has 108 valence electrons. The molecule has 0 bridgehead atoms. The Morgan fingerprint density at radius 2 is 1.63 bits per heavy atom. The highest BCUT2D eigenvalue weighted by molar-refractivity contribution is 7.92. The van der Waals surface area contributed by atoms with E-state index in [1.165, 1.54) is 0 Å². The second-order valence-corrected chi connectivity index (χ2v) is 6.63. The van der Waals surface area contributed by atoms with Crippen molar-refractivity contribution in [2.24, 2.45) is 0 Å². The molecule has 1 aromatic carbocycles. The third kappa shape index (κ3) is 5.51. The zero-order valence-electron chi connectivity index (χ0n) is 11.9. The van der Waals surface area contributed by atoms with Gasteiger partial charge >= 0.3 is 0 Å². The third-order valence-corrected chi connectivity index (χ3v) is 4.35. The van der Waals surface area contributed by atoms with Crippen LogP contribution in [0.2, 0.25) is 0 Å². The molecular weight excluding hydrogens is 260 g/mol. The number of anilines is 2. The van der Waals surface area contributed by atoms with Crippen molar-refractivity contribution < 1.29 is 8.42 Å². The van der Waals surface area contributed by atoms with E-state index in [2.05, 4.69) is 23.9 Å². The van der Waals surface area contributed by atoms with Crippen LogP contribution in [0.3, 0.4) is 0 Å². The molecule has 0 aliphatic heterocycles. The first-order chi connectivity index (χ1) is 9.00. The quantitative estimate of drug-likeness (QED) is 0.769. The highest BCUT2D eigenvalue weighted by atomic mass is 32.2. The second-order valence-electron chi connectivity index (χ2n) is 4.62. The molecule has 0 radical (unpaired) electrons. The Balaban J connectivity index is 2.66. The van der Waals surface area contributed by atoms with Gasteiger partial charge in [-0.15, -0.1) is 0 Å². The Morgan fingerprint density at radius 3 is 2.11 bits per heavy atom. The second kappa shape index (κ2) is 7.38. The molecule has 0 saturated carbocycles. The summed E-state index contributed by atoms with van der Waals surface area (Å²) in [4.78, 5) is 0. The van der Waals surface area contributed by atoms with Crippen LogP contribution in [-0.2, 0) is 10.0 Å². The smallest absolute Gasteiger partial charge is 0.232 e. The standard InChI is InChI=1S/C14H24N2O2S/c1-4-7-12(5-2)15-13-8-10-14(11-9-13)16-19(17,18)6-3/h8-12,15-16H,4-7H2,1-3H3. The minimum Gasteiger partial charge on any atom is -0.382 e. The Kier molecular flexibility index (Phi) is 6.15. The molecule has 19 heavy (non-hydrogen) atoms. The molecule has 1 unspecified atom stereocenters. The van der Waals surface area contributed by atoms with Gasteiger partial charge in [0.1, 0.15) is 0 Å². The summed E-state index contributed by atoms with van der Waals surface area (Å²) in [6.07, 6.45) is 3.37. The van der Waals surface area contributed by atoms with Gasteiger partial charge in [0.25, 0.3) is 0 Å². The van der Waals surface area contributed by atoms with Crippen molar-refractivity contribution in [2.75, 3.05) is 15.8 Å². The van der Waals surface area contributed by atoms with Crippen LogP contribution >= 0.6 is 0 Å². The summed E-state index contributed by atoms with van der Waals surface area (Å²) >= 11 is 0. The van der Waals surface area contributed by atoms with Crippen LogP contribution in [0.5, 0.6) is 0 Å². The first-order valence-electron chi connectivity index (χ1n) is 6.87. The van der Waals surface area contributed by atoms with Crippen molar-refractivity contribution in [2.45, 2.75) is 46.1 Å². The maximum Gasteiger partial charge on any atom is 0.232 e. The zero-order valence-corrected chi connectivity index (χ0v) is 12.8. The van der Waals surface area contributed by atoms with Gasteiger partial charge in [0.2, 0.25) is 10.0 Å². The van der Waals surface area contributed by atoms with E-state index in [4.69, 9.17) is 0 Å². The van der Waals surface area contributed by atoms with Crippen molar-refractivity contribution in [3.05, 3.63) is 24.3 Å². The number of sulfonamides is 1. The Labute approximate surface area is 116 Å². The minimum absolute atomic E-state index is 0.0847. The number of hydrogen-bond acceptors (Lipinski definition) is 3. The Hall–Kier alpha value is -1.23. The fraction of sp³-hybridized carbons (Fsp3) is 0.571. The summed E-state index contributed by atoms with van der Waals surface area (Å²) in [6.45, 7) is 5.96. The van der Waals surface area contributed by atoms with Gasteiger partial charge in [-0.1, -0.05) is 20.3 Å². The normalized spacial score (nSPS) is 13.0. The lowest BCUT2D eigenvalue weighted by Gasteiger charge is -2.17. The predicted octanol–water partition coefficient (Wildman–Crippen LogP) is 3.44. The molecule has 0 spiro atoms. The first-order valence-corrected chi connectivity index (χ1v) is 8.53. The lowest BCUT2D eigenvalue weighted by Crippen LogP contribution is -2.18. The maximum absolute atomic E-state index is 11.4. The summed E-state index contributed by atoms with van der Waals surface area (Å²) in [6, 6.07) is 7.86. The first kappa shape index (κ1) is 15.8. The van der Waals surface area contributed by atoms with Crippen LogP contribution in [-0.4, -0.2) is 20.2 Å². The summed E-state index contributed by atoms with van der Waals surface area (Å²) < 4.78 is 25.4. The van der Waals surface area contributed by atoms with Gasteiger partial charge in [-0.3, -0.25) is 4.72 Å². The molecule has 0 aliphatic rings. The molecule has 0 aliphatic carbocycles. The summed E-state index contributed by atoms with van der Waals surface area (Å²) in [5.74, 6) is 0.0847. The third-order valence-electron chi connectivity index (χ3n) is 3.04. The molecule has 0 saturated heterocycles. The van der Waals surface area contributed by atoms with Crippen molar-refractivity contribution >= 4 is 21.4 Å². The fourth-order valence-electron chi connectivity index (χ4n) is 1.85. The maximum atomic E-state index is 11.4. The summed E-state index contributed by atoms with van der Waals surface area (Å²) in [5, 5.41) is 3.46. The van der Waals surface area contributed by atoms with Crippen molar-refractivity contribution in [1.82, 2.24) is 0 Å². The molecule has 2 N–H and O–H groups in total. The number of hydrogen-bond donors (Lipinski definition) is 2. The minimum atomic E-state index is -3.19. The topological polar surface area (TPSA) is 58.2 Å². The highest BCUT2D eigenvalue weighted by Crippen LogP contribution is 2.17. The van der Waals surface area contributed by atoms with Crippen LogP contribution in [0, 0.1) is 0 Å². The molecule has 0 amide bonds. The van der Waals surface area contributed by atoms with Gasteiger partial charge in [-0.2, -0.15) is 0 Å². The summed E-state index contributed by atoms with van der Waals surface area (Å²) in [5.41, 5.74) is 1.63. The van der Waals surface area contributed by atoms with Gasteiger partial charge in [-0.25, -0.2) is 8.42 Å². The van der Waals surface area contributed by atoms with Crippen LogP contribution < -0.4 is 10.0 Å². The van der Waals surface area contributed by atoms with E-state index in [-0.39, 0.29) is 5.75 Å². The van der Waals surface area contributed by atoms with Gasteiger partial charge in [-0.05, 0) is 44.0 Å². The summed E-state index contributed by atoms with van der Waals surface area (Å²) in [7, 11) is -3.19. The van der Waals surface area contributed by atoms with E-state index >= 15 is 0 Å². The van der Waals surface area contributed by atoms with Gasteiger partial charge in [0, 0.05) is 17.4 Å². The molecule has 0 fully saturated rings. The van der Waals surface area contributed by atoms with Crippen molar-refractivity contribution in [3.8, 4) is 0 Å². The van der Waals surface area contributed by atoms with Crippen LogP contribution in [0.1, 0.15) is 40.0 Å². The van der Waals surface area contributed by atoms with Crippen molar-refractivity contribution in [3.63, 3.8) is 0 Å². The van der Waals surface area contributed by atoms with Crippen molar-refractivity contribution in [1.29, 1.82) is 0 Å². The van der Waals surface area contributed by atoms with Gasteiger partial charge in [0.15, 0.2) is 0 Å². The van der Waals surface area contributed by atoms with Gasteiger partial charge in [0.05, 0.1) is 5.75 Å². The number of rotatable bonds is 8. The molecule has 4 nitrogen and oxygen atoms in total. The molecule has 1 aromatic rings. The molecule has 0 heterocycles. The van der Waals surface area contributed by atoms with E-state index in [0.29, 0.717) is 11.7 Å². The molecule has 1 atom stereocenters. The molecule has 5 heteroatoms. The van der Waals surface area contributed by atoms with E-state index in [1.807, 2.05) is 12.1 Å². The zero-order chi connectivity index (χ0) is 14.3. The lowest BCUT2D eigenvalue weighted by molar-refractivity contribution is 0.602. The monoisotopic (exact) mass is 284 g/mol. The van der Waals surface area contributed by atoms with E-state index < -0.39 is 10.0 Å². The van der Waals surface area contributed by atoms with Crippen LogP contribution in [0.15, 0.2) is 24.3 Å².